The van der Waals surface area contributed by atoms with Crippen LogP contribution in [0.5, 0.6) is 34.5 Å². The molecule has 326 valence electrons. The second-order valence-corrected chi connectivity index (χ2v) is 17.7. The molecule has 0 amide bonds. The molecule has 8 aromatic carbocycles. The van der Waals surface area contributed by atoms with Gasteiger partial charge in [-0.2, -0.15) is 0 Å². The third-order valence-corrected chi connectivity index (χ3v) is 13.1. The average Bonchev–Trinajstić information content (AvgIpc) is 3.32. The molecule has 0 saturated heterocycles. The summed E-state index contributed by atoms with van der Waals surface area (Å²) in [6.07, 6.45) is 7.35. The first-order valence-corrected chi connectivity index (χ1v) is 24.8. The van der Waals surface area contributed by atoms with Crippen LogP contribution >= 0.6 is 17.2 Å². The Morgan fingerprint density at radius 2 is 0.547 bits per heavy atom. The van der Waals surface area contributed by atoms with Crippen molar-refractivity contribution in [1.29, 1.82) is 0 Å². The van der Waals surface area contributed by atoms with Gasteiger partial charge in [0.05, 0.1) is 0 Å². The van der Waals surface area contributed by atoms with Gasteiger partial charge in [-0.25, -0.2) is 0 Å². The van der Waals surface area contributed by atoms with E-state index in [0.717, 1.165) is 129 Å². The van der Waals surface area contributed by atoms with Crippen molar-refractivity contribution in [2.75, 3.05) is 0 Å². The van der Waals surface area contributed by atoms with E-state index in [2.05, 4.69) is 137 Å². The Morgan fingerprint density at radius 3 is 0.859 bits per heavy atom. The smallest absolute Gasteiger partial charge is 0.408 e. The maximum Gasteiger partial charge on any atom is 0.530 e. The lowest BCUT2D eigenvalue weighted by atomic mass is 9.92. The van der Waals surface area contributed by atoms with Gasteiger partial charge in [0, 0.05) is 11.1 Å². The van der Waals surface area contributed by atoms with Gasteiger partial charge in [0.15, 0.2) is 0 Å². The molecule has 0 saturated carbocycles. The van der Waals surface area contributed by atoms with Crippen molar-refractivity contribution in [3.63, 3.8) is 0 Å². The molecule has 8 heteroatoms. The molecule has 0 fully saturated rings. The summed E-state index contributed by atoms with van der Waals surface area (Å²) < 4.78 is 41.8. The highest BCUT2D eigenvalue weighted by atomic mass is 31.2. The molecule has 0 bridgehead atoms. The summed E-state index contributed by atoms with van der Waals surface area (Å²) >= 11 is 0. The molecule has 0 unspecified atom stereocenters. The van der Waals surface area contributed by atoms with E-state index < -0.39 is 17.2 Å². The molecule has 8 aromatic rings. The fourth-order valence-electron chi connectivity index (χ4n) is 8.04. The van der Waals surface area contributed by atoms with E-state index in [4.69, 9.17) is 27.1 Å². The van der Waals surface area contributed by atoms with Gasteiger partial charge in [-0.15, -0.1) is 0 Å². The number of benzene rings is 8. The molecule has 0 atom stereocenters. The zero-order valence-electron chi connectivity index (χ0n) is 37.2. The molecule has 8 rings (SSSR count). The number of aryl methyl sites for hydroxylation is 4. The summed E-state index contributed by atoms with van der Waals surface area (Å²) in [5.74, 6) is 4.16. The largest absolute Gasteiger partial charge is 0.530 e. The molecule has 0 heterocycles. The minimum Gasteiger partial charge on any atom is -0.408 e. The number of hydrogen-bond donors (Lipinski definition) is 0. The number of hydrogen-bond acceptors (Lipinski definition) is 6. The highest BCUT2D eigenvalue weighted by Crippen LogP contribution is 2.54. The first kappa shape index (κ1) is 44.5. The molecule has 0 aliphatic carbocycles. The second-order valence-electron chi connectivity index (χ2n) is 15.7. The molecule has 0 spiro atoms. The van der Waals surface area contributed by atoms with Gasteiger partial charge in [-0.1, -0.05) is 187 Å². The highest BCUT2D eigenvalue weighted by Gasteiger charge is 2.30. The Morgan fingerprint density at radius 1 is 0.281 bits per heavy atom. The fraction of sp³-hybridized carbons (Fsp3) is 0.214. The molecule has 0 aliphatic heterocycles. The van der Waals surface area contributed by atoms with Crippen LogP contribution in [0.25, 0.3) is 32.7 Å². The van der Waals surface area contributed by atoms with Crippen LogP contribution < -0.4 is 27.1 Å². The molecular formula is C56H56O6P2. The van der Waals surface area contributed by atoms with Gasteiger partial charge in [0.25, 0.3) is 0 Å². The average molecular weight is 887 g/mol. The van der Waals surface area contributed by atoms with Gasteiger partial charge < -0.3 is 27.1 Å². The molecule has 0 aromatic heterocycles. The zero-order valence-corrected chi connectivity index (χ0v) is 39.0. The molecule has 64 heavy (non-hydrogen) atoms. The lowest BCUT2D eigenvalue weighted by Gasteiger charge is -2.25. The molecule has 0 aliphatic rings. The van der Waals surface area contributed by atoms with Crippen molar-refractivity contribution < 1.29 is 27.1 Å². The Bertz CT molecular complexity index is 2500. The number of rotatable bonds is 21. The van der Waals surface area contributed by atoms with Gasteiger partial charge in [-0.3, -0.25) is 0 Å². The van der Waals surface area contributed by atoms with Crippen molar-refractivity contribution >= 4 is 38.7 Å². The normalized spacial score (nSPS) is 11.3. The third-order valence-electron chi connectivity index (χ3n) is 11.0. The SMILES string of the molecule is CCCc1ccccc1OP(Oc1ccccc1CCC)Oc1ccc2ccccc2c1-c1c(OP(Oc2ccccc2CCC)Oc2ccccc2CCC)ccc2ccccc12. The van der Waals surface area contributed by atoms with E-state index in [-0.39, 0.29) is 0 Å². The van der Waals surface area contributed by atoms with Crippen LogP contribution in [0.3, 0.4) is 0 Å². The third kappa shape index (κ3) is 10.6. The Balaban J connectivity index is 1.29. The number of para-hydroxylation sites is 4. The van der Waals surface area contributed by atoms with E-state index in [1.54, 1.807) is 0 Å². The van der Waals surface area contributed by atoms with Crippen molar-refractivity contribution in [2.45, 2.75) is 79.1 Å². The van der Waals surface area contributed by atoms with Crippen molar-refractivity contribution in [3.05, 3.63) is 192 Å². The lowest BCUT2D eigenvalue weighted by molar-refractivity contribution is 0.382. The van der Waals surface area contributed by atoms with Gasteiger partial charge in [0.2, 0.25) is 0 Å². The first-order valence-electron chi connectivity index (χ1n) is 22.6. The second kappa shape index (κ2) is 22.0. The maximum atomic E-state index is 7.18. The predicted molar refractivity (Wildman–Crippen MR) is 266 cm³/mol. The summed E-state index contributed by atoms with van der Waals surface area (Å²) in [4.78, 5) is 0. The van der Waals surface area contributed by atoms with Crippen LogP contribution in [-0.2, 0) is 25.7 Å². The maximum absolute atomic E-state index is 7.18. The van der Waals surface area contributed by atoms with Crippen molar-refractivity contribution in [1.82, 2.24) is 0 Å². The van der Waals surface area contributed by atoms with Crippen molar-refractivity contribution in [2.24, 2.45) is 0 Å². The van der Waals surface area contributed by atoms with E-state index >= 15 is 0 Å². The van der Waals surface area contributed by atoms with Crippen LogP contribution in [0.15, 0.2) is 170 Å². The zero-order chi connectivity index (χ0) is 44.1. The van der Waals surface area contributed by atoms with E-state index in [9.17, 15) is 0 Å². The lowest BCUT2D eigenvalue weighted by Crippen LogP contribution is -2.07. The van der Waals surface area contributed by atoms with Crippen LogP contribution in [-0.4, -0.2) is 0 Å². The molecular weight excluding hydrogens is 831 g/mol. The summed E-state index contributed by atoms with van der Waals surface area (Å²) in [5, 5.41) is 4.07. The van der Waals surface area contributed by atoms with Crippen molar-refractivity contribution in [3.8, 4) is 45.6 Å². The van der Waals surface area contributed by atoms with Gasteiger partial charge in [-0.05, 0) is 106 Å². The molecule has 0 N–H and O–H groups in total. The monoisotopic (exact) mass is 886 g/mol. The van der Waals surface area contributed by atoms with Crippen LogP contribution in [0, 0.1) is 0 Å². The quantitative estimate of drug-likeness (QED) is 0.0670. The van der Waals surface area contributed by atoms with Gasteiger partial charge in [0.1, 0.15) is 34.5 Å². The van der Waals surface area contributed by atoms with Gasteiger partial charge >= 0.3 is 17.2 Å². The highest BCUT2D eigenvalue weighted by molar-refractivity contribution is 7.43. The molecule has 0 radical (unpaired) electrons. The standard InChI is InChI=1S/C56H56O6P2/c1-5-21-43-27-11-17-33-49(43)57-63(58-50-34-18-12-28-44(50)22-6-2)61-53-39-37-41-25-9-15-31-47(41)55(53)56-48-32-16-10-26-42(48)38-40-54(56)62-64(59-51-35-19-13-29-45(51)23-7-3)60-52-36-20-14-30-46(52)24-8-4/h9-20,25-40H,5-8,21-24H2,1-4H3. The summed E-state index contributed by atoms with van der Waals surface area (Å²) in [6.45, 7) is 8.70. The summed E-state index contributed by atoms with van der Waals surface area (Å²) in [5.41, 5.74) is 6.10. The topological polar surface area (TPSA) is 55.4 Å². The summed E-state index contributed by atoms with van der Waals surface area (Å²) in [6, 6.07) is 57.7. The summed E-state index contributed by atoms with van der Waals surface area (Å²) in [7, 11) is -4.09. The molecule has 6 nitrogen and oxygen atoms in total. The number of fused-ring (bicyclic) bond motifs is 2. The van der Waals surface area contributed by atoms with Crippen LogP contribution in [0.4, 0.5) is 0 Å². The van der Waals surface area contributed by atoms with E-state index in [1.807, 2.05) is 60.7 Å². The van der Waals surface area contributed by atoms with Crippen LogP contribution in [0.1, 0.15) is 75.6 Å². The minimum absolute atomic E-state index is 0.597. The first-order chi connectivity index (χ1) is 31.6. The minimum atomic E-state index is -2.04. The fourth-order valence-corrected chi connectivity index (χ4v) is 10.2. The Hall–Kier alpha value is -6.06. The Labute approximate surface area is 381 Å². The van der Waals surface area contributed by atoms with E-state index in [1.165, 1.54) is 0 Å². The van der Waals surface area contributed by atoms with E-state index in [0.29, 0.717) is 11.5 Å². The predicted octanol–water partition coefficient (Wildman–Crippen LogP) is 17.0. The van der Waals surface area contributed by atoms with Crippen LogP contribution in [0.2, 0.25) is 0 Å². The Kier molecular flexibility index (Phi) is 15.3.